The van der Waals surface area contributed by atoms with Gasteiger partial charge in [-0.2, -0.15) is 10.2 Å². The summed E-state index contributed by atoms with van der Waals surface area (Å²) >= 11 is 0. The van der Waals surface area contributed by atoms with Gasteiger partial charge in [-0.15, -0.1) is 0 Å². The van der Waals surface area contributed by atoms with Gasteiger partial charge in [0.25, 0.3) is 0 Å². The lowest BCUT2D eigenvalue weighted by Crippen LogP contribution is -2.00. The molecular weight excluding hydrogens is 202 g/mol. The van der Waals surface area contributed by atoms with Gasteiger partial charge in [0.1, 0.15) is 0 Å². The predicted octanol–water partition coefficient (Wildman–Crippen LogP) is 1.56. The highest BCUT2D eigenvalue weighted by Crippen LogP contribution is 2.13. The molecule has 0 unspecified atom stereocenters. The molecule has 2 aromatic rings. The number of aryl methyl sites for hydroxylation is 2. The third kappa shape index (κ3) is 2.08. The zero-order valence-corrected chi connectivity index (χ0v) is 9.94. The number of anilines is 1. The summed E-state index contributed by atoms with van der Waals surface area (Å²) in [6, 6.07) is 0. The van der Waals surface area contributed by atoms with Crippen LogP contribution in [0.5, 0.6) is 0 Å². The second kappa shape index (κ2) is 4.38. The maximum Gasteiger partial charge on any atom is 0.0758 e. The van der Waals surface area contributed by atoms with Crippen molar-refractivity contribution in [3.8, 4) is 0 Å². The lowest BCUT2D eigenvalue weighted by atomic mass is 10.3. The van der Waals surface area contributed by atoms with E-state index in [4.69, 9.17) is 0 Å². The molecule has 5 heteroatoms. The number of nitrogens with zero attached hydrogens (tertiary/aromatic N) is 4. The van der Waals surface area contributed by atoms with E-state index in [0.29, 0.717) is 0 Å². The molecule has 2 aromatic heterocycles. The molecule has 2 rings (SSSR count). The number of aromatic nitrogens is 4. The van der Waals surface area contributed by atoms with Gasteiger partial charge in [-0.1, -0.05) is 0 Å². The molecule has 0 saturated heterocycles. The van der Waals surface area contributed by atoms with Crippen molar-refractivity contribution in [2.45, 2.75) is 26.9 Å². The summed E-state index contributed by atoms with van der Waals surface area (Å²) in [5, 5.41) is 11.8. The van der Waals surface area contributed by atoms with Crippen LogP contribution in [0, 0.1) is 6.92 Å². The van der Waals surface area contributed by atoms with Crippen LogP contribution in [0.2, 0.25) is 0 Å². The molecule has 0 aliphatic heterocycles. The summed E-state index contributed by atoms with van der Waals surface area (Å²) < 4.78 is 3.78. The zero-order valence-electron chi connectivity index (χ0n) is 9.94. The normalized spacial score (nSPS) is 10.7. The molecule has 2 heterocycles. The Balaban J connectivity index is 1.99. The molecule has 0 aliphatic rings. The summed E-state index contributed by atoms with van der Waals surface area (Å²) in [7, 11) is 1.94. The maximum atomic E-state index is 4.23. The number of nitrogens with one attached hydrogen (secondary N) is 1. The first-order valence-electron chi connectivity index (χ1n) is 5.44. The van der Waals surface area contributed by atoms with Crippen molar-refractivity contribution in [2.24, 2.45) is 7.05 Å². The molecule has 0 amide bonds. The average molecular weight is 219 g/mol. The fourth-order valence-electron chi connectivity index (χ4n) is 1.54. The van der Waals surface area contributed by atoms with Crippen molar-refractivity contribution in [2.75, 3.05) is 5.32 Å². The average Bonchev–Trinajstić information content (AvgIpc) is 2.86. The monoisotopic (exact) mass is 219 g/mol. The van der Waals surface area contributed by atoms with Crippen LogP contribution in [-0.4, -0.2) is 19.6 Å². The molecule has 0 saturated carbocycles. The van der Waals surface area contributed by atoms with Crippen molar-refractivity contribution < 1.29 is 0 Å². The Morgan fingerprint density at radius 3 is 2.69 bits per heavy atom. The van der Waals surface area contributed by atoms with Crippen LogP contribution < -0.4 is 5.32 Å². The van der Waals surface area contributed by atoms with Crippen LogP contribution >= 0.6 is 0 Å². The number of rotatable bonds is 4. The minimum Gasteiger partial charge on any atom is -0.378 e. The molecule has 86 valence electrons. The highest BCUT2D eigenvalue weighted by Gasteiger charge is 2.03. The van der Waals surface area contributed by atoms with Crippen LogP contribution in [0.15, 0.2) is 18.6 Å². The van der Waals surface area contributed by atoms with Crippen LogP contribution in [0.4, 0.5) is 5.69 Å². The van der Waals surface area contributed by atoms with E-state index in [-0.39, 0.29) is 0 Å². The van der Waals surface area contributed by atoms with E-state index in [9.17, 15) is 0 Å². The SMILES string of the molecule is CCn1cc(CNc2cnn(C)c2C)cn1. The van der Waals surface area contributed by atoms with Crippen molar-refractivity contribution in [3.05, 3.63) is 29.8 Å². The lowest BCUT2D eigenvalue weighted by molar-refractivity contribution is 0.659. The second-order valence-corrected chi connectivity index (χ2v) is 3.83. The lowest BCUT2D eigenvalue weighted by Gasteiger charge is -2.03. The largest absolute Gasteiger partial charge is 0.378 e. The van der Waals surface area contributed by atoms with Crippen LogP contribution in [0.1, 0.15) is 18.2 Å². The first-order valence-corrected chi connectivity index (χ1v) is 5.44. The van der Waals surface area contributed by atoms with Crippen LogP contribution in [0.3, 0.4) is 0 Å². The Hall–Kier alpha value is -1.78. The molecule has 16 heavy (non-hydrogen) atoms. The van der Waals surface area contributed by atoms with E-state index in [1.54, 1.807) is 0 Å². The minimum absolute atomic E-state index is 0.784. The molecule has 0 bridgehead atoms. The third-order valence-electron chi connectivity index (χ3n) is 2.73. The van der Waals surface area contributed by atoms with Gasteiger partial charge in [0.05, 0.1) is 23.8 Å². The van der Waals surface area contributed by atoms with E-state index in [0.717, 1.165) is 24.5 Å². The summed E-state index contributed by atoms with van der Waals surface area (Å²) in [6.45, 7) is 5.82. The van der Waals surface area contributed by atoms with E-state index >= 15 is 0 Å². The second-order valence-electron chi connectivity index (χ2n) is 3.83. The van der Waals surface area contributed by atoms with Gasteiger partial charge in [0.2, 0.25) is 0 Å². The van der Waals surface area contributed by atoms with Crippen molar-refractivity contribution in [3.63, 3.8) is 0 Å². The smallest absolute Gasteiger partial charge is 0.0758 e. The van der Waals surface area contributed by atoms with E-state index in [1.807, 2.05) is 35.7 Å². The zero-order chi connectivity index (χ0) is 11.5. The first-order chi connectivity index (χ1) is 7.70. The Morgan fingerprint density at radius 1 is 1.31 bits per heavy atom. The standard InChI is InChI=1S/C11H17N5/c1-4-16-8-10(6-14-16)5-12-11-7-13-15(3)9(11)2/h6-8,12H,4-5H2,1-3H3. The topological polar surface area (TPSA) is 47.7 Å². The van der Waals surface area contributed by atoms with Crippen LogP contribution in [0.25, 0.3) is 0 Å². The fourth-order valence-corrected chi connectivity index (χ4v) is 1.54. The third-order valence-corrected chi connectivity index (χ3v) is 2.73. The molecular formula is C11H17N5. The molecule has 0 fully saturated rings. The van der Waals surface area contributed by atoms with Crippen molar-refractivity contribution in [1.82, 2.24) is 19.6 Å². The van der Waals surface area contributed by atoms with Gasteiger partial charge in [0, 0.05) is 31.9 Å². The Kier molecular flexibility index (Phi) is 2.94. The Labute approximate surface area is 95.1 Å². The maximum absolute atomic E-state index is 4.23. The summed E-state index contributed by atoms with van der Waals surface area (Å²) in [5.41, 5.74) is 3.40. The highest BCUT2D eigenvalue weighted by molar-refractivity contribution is 5.45. The quantitative estimate of drug-likeness (QED) is 0.848. The molecule has 1 N–H and O–H groups in total. The highest BCUT2D eigenvalue weighted by atomic mass is 15.3. The fraction of sp³-hybridized carbons (Fsp3) is 0.455. The summed E-state index contributed by atoms with van der Waals surface area (Å²) in [4.78, 5) is 0. The Morgan fingerprint density at radius 2 is 2.12 bits per heavy atom. The first kappa shape index (κ1) is 10.7. The van der Waals surface area contributed by atoms with Gasteiger partial charge in [-0.3, -0.25) is 9.36 Å². The molecule has 0 aliphatic carbocycles. The molecule has 0 spiro atoms. The van der Waals surface area contributed by atoms with Gasteiger partial charge >= 0.3 is 0 Å². The van der Waals surface area contributed by atoms with Gasteiger partial charge in [-0.25, -0.2) is 0 Å². The molecule has 0 aromatic carbocycles. The predicted molar refractivity (Wildman–Crippen MR) is 63.2 cm³/mol. The van der Waals surface area contributed by atoms with Crippen LogP contribution in [-0.2, 0) is 20.1 Å². The van der Waals surface area contributed by atoms with Crippen molar-refractivity contribution >= 4 is 5.69 Å². The van der Waals surface area contributed by atoms with Crippen molar-refractivity contribution in [1.29, 1.82) is 0 Å². The van der Waals surface area contributed by atoms with E-state index in [1.165, 1.54) is 5.56 Å². The molecule has 5 nitrogen and oxygen atoms in total. The molecule has 0 radical (unpaired) electrons. The molecule has 0 atom stereocenters. The van der Waals surface area contributed by atoms with Gasteiger partial charge in [-0.05, 0) is 13.8 Å². The Bertz CT molecular complexity index is 468. The van der Waals surface area contributed by atoms with E-state index < -0.39 is 0 Å². The van der Waals surface area contributed by atoms with Gasteiger partial charge in [0.15, 0.2) is 0 Å². The van der Waals surface area contributed by atoms with E-state index in [2.05, 4.69) is 28.6 Å². The summed E-state index contributed by atoms with van der Waals surface area (Å²) in [6.07, 6.45) is 5.79. The van der Waals surface area contributed by atoms with Gasteiger partial charge < -0.3 is 5.32 Å². The minimum atomic E-state index is 0.784. The number of hydrogen-bond acceptors (Lipinski definition) is 3. The number of hydrogen-bond donors (Lipinski definition) is 1. The summed E-state index contributed by atoms with van der Waals surface area (Å²) in [5.74, 6) is 0.